The lowest BCUT2D eigenvalue weighted by molar-refractivity contribution is -0.0437. The summed E-state index contributed by atoms with van der Waals surface area (Å²) in [7, 11) is 0. The summed E-state index contributed by atoms with van der Waals surface area (Å²) >= 11 is -3.62. The largest absolute Gasteiger partial charge is 0.508 e. The molecule has 2 unspecified atom stereocenters. The third-order valence-electron chi connectivity index (χ3n) is 6.74. The second-order valence-corrected chi connectivity index (χ2v) is 14.0. The molecule has 0 bridgehead atoms. The van der Waals surface area contributed by atoms with Gasteiger partial charge in [0.25, 0.3) is 0 Å². The normalized spacial score (nSPS) is 15.6. The van der Waals surface area contributed by atoms with Gasteiger partial charge in [0.2, 0.25) is 0 Å². The number of hydrogen-bond donors (Lipinski definition) is 0. The quantitative estimate of drug-likeness (QED) is 0.276. The summed E-state index contributed by atoms with van der Waals surface area (Å²) in [5, 5.41) is 0. The minimum absolute atomic E-state index is 0.206. The molecule has 15 heteroatoms. The maximum Gasteiger partial charge on any atom is 0.508 e. The molecule has 0 N–H and O–H groups in total. The van der Waals surface area contributed by atoms with Crippen LogP contribution in [0.4, 0.5) is 34.4 Å². The van der Waals surface area contributed by atoms with Crippen molar-refractivity contribution >= 4 is 34.9 Å². The Labute approximate surface area is 271 Å². The van der Waals surface area contributed by atoms with Crippen molar-refractivity contribution in [1.29, 1.82) is 0 Å². The molecule has 0 radical (unpaired) electrons. The zero-order valence-electron chi connectivity index (χ0n) is 27.6. The van der Waals surface area contributed by atoms with Gasteiger partial charge in [-0.1, -0.05) is 20.3 Å². The molecule has 2 amide bonds. The molecule has 0 saturated carbocycles. The van der Waals surface area contributed by atoms with E-state index >= 15 is 0 Å². The molecule has 3 heterocycles. The monoisotopic (exact) mass is 671 g/mol. The Morgan fingerprint density at radius 1 is 0.978 bits per heavy atom. The Morgan fingerprint density at radius 2 is 1.61 bits per heavy atom. The summed E-state index contributed by atoms with van der Waals surface area (Å²) < 4.78 is 67.5. The van der Waals surface area contributed by atoms with Gasteiger partial charge in [-0.2, -0.15) is 13.2 Å². The Morgan fingerprint density at radius 3 is 2.15 bits per heavy atom. The third-order valence-corrected chi connectivity index (χ3v) is 7.46. The Kier molecular flexibility index (Phi) is 11.9. The van der Waals surface area contributed by atoms with E-state index < -0.39 is 40.0 Å². The van der Waals surface area contributed by atoms with E-state index in [1.807, 2.05) is 13.8 Å². The molecule has 1 aliphatic rings. The second-order valence-electron chi connectivity index (χ2n) is 12.9. The van der Waals surface area contributed by atoms with E-state index in [1.54, 1.807) is 63.5 Å². The molecule has 0 aromatic carbocycles. The van der Waals surface area contributed by atoms with Gasteiger partial charge in [-0.3, -0.25) is 4.90 Å². The van der Waals surface area contributed by atoms with Crippen LogP contribution in [0.1, 0.15) is 74.7 Å². The van der Waals surface area contributed by atoms with Crippen LogP contribution in [-0.2, 0) is 20.6 Å². The summed E-state index contributed by atoms with van der Waals surface area (Å²) in [4.78, 5) is 39.9. The first-order valence-corrected chi connectivity index (χ1v) is 16.3. The van der Waals surface area contributed by atoms with Gasteiger partial charge in [-0.05, 0) is 66.5 Å². The average molecular weight is 672 g/mol. The number of carbonyl (C=O) groups is 2. The molecule has 2 aromatic rings. The van der Waals surface area contributed by atoms with Crippen molar-refractivity contribution in [3.63, 3.8) is 0 Å². The highest BCUT2D eigenvalue weighted by atomic mass is 32.2. The molecular weight excluding hydrogens is 627 g/mol. The molecule has 256 valence electrons. The topological polar surface area (TPSA) is 114 Å². The van der Waals surface area contributed by atoms with Gasteiger partial charge in [0.1, 0.15) is 28.6 Å². The molecule has 2 aromatic heterocycles. The summed E-state index contributed by atoms with van der Waals surface area (Å²) in [5.41, 5.74) is -5.89. The molecule has 46 heavy (non-hydrogen) atoms. The number of halogens is 3. The number of nitrogens with zero attached hydrogens (tertiary/aromatic N) is 5. The lowest BCUT2D eigenvalue weighted by atomic mass is 10.1. The van der Waals surface area contributed by atoms with Crippen LogP contribution in [0.15, 0.2) is 30.5 Å². The number of carbonyl (C=O) groups excluding carboxylic acids is 2. The Balaban J connectivity index is 2.02. The van der Waals surface area contributed by atoms with Crippen LogP contribution in [0.3, 0.4) is 0 Å². The number of rotatable bonds is 9. The summed E-state index contributed by atoms with van der Waals surface area (Å²) in [6.45, 7) is 15.8. The van der Waals surface area contributed by atoms with E-state index in [9.17, 15) is 27.0 Å². The molecular formula is C31H44F3N5O6S. The number of amides is 2. The lowest BCUT2D eigenvalue weighted by Crippen LogP contribution is -2.50. The second kappa shape index (κ2) is 14.9. The van der Waals surface area contributed by atoms with Gasteiger partial charge >= 0.3 is 28.8 Å². The molecule has 0 spiro atoms. The molecule has 11 nitrogen and oxygen atoms in total. The number of aromatic nitrogens is 2. The van der Waals surface area contributed by atoms with Gasteiger partial charge in [0, 0.05) is 56.1 Å². The first-order valence-electron chi connectivity index (χ1n) is 15.2. The van der Waals surface area contributed by atoms with Gasteiger partial charge < -0.3 is 23.5 Å². The summed E-state index contributed by atoms with van der Waals surface area (Å²) in [6.07, 6.45) is 2.55. The fourth-order valence-corrected chi connectivity index (χ4v) is 5.09. The maximum absolute atomic E-state index is 13.4. The lowest BCUT2D eigenvalue weighted by Gasteiger charge is -2.36. The van der Waals surface area contributed by atoms with Crippen molar-refractivity contribution in [3.8, 4) is 17.0 Å². The zero-order chi connectivity index (χ0) is 34.4. The van der Waals surface area contributed by atoms with Crippen LogP contribution in [0.5, 0.6) is 5.75 Å². The number of anilines is 2. The fourth-order valence-electron chi connectivity index (χ4n) is 4.73. The molecule has 2 atom stereocenters. The highest BCUT2D eigenvalue weighted by Gasteiger charge is 2.40. The van der Waals surface area contributed by atoms with E-state index in [2.05, 4.69) is 4.98 Å². The van der Waals surface area contributed by atoms with Crippen LogP contribution in [-0.4, -0.2) is 80.2 Å². The van der Waals surface area contributed by atoms with Crippen molar-refractivity contribution in [2.45, 2.75) is 97.4 Å². The highest BCUT2D eigenvalue weighted by Crippen LogP contribution is 2.33. The Hall–Kier alpha value is -3.62. The molecule has 1 fully saturated rings. The van der Waals surface area contributed by atoms with Gasteiger partial charge in [-0.25, -0.2) is 23.8 Å². The van der Waals surface area contributed by atoms with Crippen molar-refractivity contribution in [1.82, 2.24) is 14.9 Å². The van der Waals surface area contributed by atoms with E-state index in [4.69, 9.17) is 18.6 Å². The SMILES string of the molecule is CCCC(CC)N(C(=O)OC(C)(C)C)c1cc(-c2cc(OS(=O)C(F)(F)F)cc(N3CCN(C(=O)OC(C)(C)C)CC3)n2)ccn1. The minimum Gasteiger partial charge on any atom is -0.444 e. The zero-order valence-corrected chi connectivity index (χ0v) is 28.5. The van der Waals surface area contributed by atoms with Crippen molar-refractivity contribution < 1.29 is 40.6 Å². The highest BCUT2D eigenvalue weighted by molar-refractivity contribution is 7.81. The van der Waals surface area contributed by atoms with Gasteiger partial charge in [0.15, 0.2) is 0 Å². The first kappa shape index (κ1) is 36.8. The molecule has 1 saturated heterocycles. The van der Waals surface area contributed by atoms with Crippen LogP contribution in [0, 0.1) is 0 Å². The van der Waals surface area contributed by atoms with E-state index in [0.29, 0.717) is 31.5 Å². The summed E-state index contributed by atoms with van der Waals surface area (Å²) in [5.74, 6) is 0.229. The summed E-state index contributed by atoms with van der Waals surface area (Å²) in [6, 6.07) is 5.52. The predicted octanol–water partition coefficient (Wildman–Crippen LogP) is 7.08. The average Bonchev–Trinajstić information content (AvgIpc) is 2.94. The number of pyridine rings is 2. The predicted molar refractivity (Wildman–Crippen MR) is 170 cm³/mol. The van der Waals surface area contributed by atoms with Gasteiger partial charge in [0.05, 0.1) is 5.69 Å². The Bertz CT molecular complexity index is 1390. The standard InChI is InChI=1S/C31H44F3N5O6S/c1-9-11-22(10-2)39(28(41)44-30(6,7)8)25-18-21(12-13-35-25)24-19-23(45-46(42)31(32,33)34)20-26(36-24)37-14-16-38(17-15-37)27(40)43-29(3,4)5/h12-13,18-20,22H,9-11,14-17H2,1-8H3. The number of piperazine rings is 1. The van der Waals surface area contributed by atoms with Crippen LogP contribution < -0.4 is 14.0 Å². The van der Waals surface area contributed by atoms with Crippen molar-refractivity contribution in [2.24, 2.45) is 0 Å². The van der Waals surface area contributed by atoms with E-state index in [-0.39, 0.29) is 42.2 Å². The number of ether oxygens (including phenoxy) is 2. The van der Waals surface area contributed by atoms with Gasteiger partial charge in [-0.15, -0.1) is 0 Å². The molecule has 3 rings (SSSR count). The number of hydrogen-bond acceptors (Lipinski definition) is 9. The van der Waals surface area contributed by atoms with E-state index in [0.717, 1.165) is 6.42 Å². The van der Waals surface area contributed by atoms with E-state index in [1.165, 1.54) is 23.2 Å². The fraction of sp³-hybridized carbons (Fsp3) is 0.613. The first-order chi connectivity index (χ1) is 21.3. The third kappa shape index (κ3) is 10.5. The smallest absolute Gasteiger partial charge is 0.444 e. The number of alkyl halides is 3. The molecule has 0 aliphatic carbocycles. The van der Waals surface area contributed by atoms with Crippen molar-refractivity contribution in [2.75, 3.05) is 36.0 Å². The van der Waals surface area contributed by atoms with Crippen LogP contribution in [0.25, 0.3) is 11.3 Å². The molecule has 1 aliphatic heterocycles. The van der Waals surface area contributed by atoms with Crippen LogP contribution in [0.2, 0.25) is 0 Å². The minimum atomic E-state index is -5.10. The van der Waals surface area contributed by atoms with Crippen LogP contribution >= 0.6 is 0 Å². The maximum atomic E-state index is 13.4. The van der Waals surface area contributed by atoms with Crippen molar-refractivity contribution in [3.05, 3.63) is 30.5 Å².